The fourth-order valence-electron chi connectivity index (χ4n) is 3.57. The van der Waals surface area contributed by atoms with Crippen molar-refractivity contribution in [1.82, 2.24) is 5.32 Å². The van der Waals surface area contributed by atoms with E-state index in [1.807, 2.05) is 0 Å². The second kappa shape index (κ2) is 13.2. The van der Waals surface area contributed by atoms with Gasteiger partial charge < -0.3 is 10.6 Å². The predicted molar refractivity (Wildman–Crippen MR) is 158 cm³/mol. The lowest BCUT2D eigenvalue weighted by molar-refractivity contribution is -0.113. The molecule has 0 aliphatic heterocycles. The number of benzene rings is 4. The molecule has 2 N–H and O–H groups in total. The van der Waals surface area contributed by atoms with Crippen molar-refractivity contribution in [2.75, 3.05) is 5.32 Å². The number of carbonyl (C=O) groups is 3. The maximum atomic E-state index is 14.0. The molecule has 0 fully saturated rings. The van der Waals surface area contributed by atoms with E-state index in [1.165, 1.54) is 60.7 Å². The van der Waals surface area contributed by atoms with Crippen LogP contribution in [0.15, 0.2) is 103 Å². The summed E-state index contributed by atoms with van der Waals surface area (Å²) in [6, 6.07) is 23.6. The van der Waals surface area contributed by atoms with Gasteiger partial charge in [-0.15, -0.1) is 0 Å². The van der Waals surface area contributed by atoms with Gasteiger partial charge in [0.25, 0.3) is 11.8 Å². The normalized spacial score (nSPS) is 11.3. The van der Waals surface area contributed by atoms with Crippen LogP contribution in [-0.4, -0.2) is 17.6 Å². The number of carbonyl (C=O) groups excluding carboxylic acids is 3. The van der Waals surface area contributed by atoms with Gasteiger partial charge in [0, 0.05) is 22.4 Å². The van der Waals surface area contributed by atoms with Crippen molar-refractivity contribution >= 4 is 70.2 Å². The standard InChI is InChI=1S/C31H20Cl3FN2O3/c32-24-9-5-11-26(35)23(24)16-17-28(38)19-12-14-22(15-13-19)36-31(40)27(18-21-8-4-10-25(33)29(21)34)37-30(39)20-6-2-1-3-7-20/h1-18H,(H,36,40)(H,37,39)/b17-16+,27-18-. The number of amides is 2. The Labute approximate surface area is 244 Å². The summed E-state index contributed by atoms with van der Waals surface area (Å²) < 4.78 is 14.0. The Hall–Kier alpha value is -4.23. The highest BCUT2D eigenvalue weighted by molar-refractivity contribution is 6.43. The number of ketones is 1. The van der Waals surface area contributed by atoms with Crippen molar-refractivity contribution in [3.05, 3.63) is 146 Å². The van der Waals surface area contributed by atoms with E-state index in [-0.39, 0.29) is 32.1 Å². The van der Waals surface area contributed by atoms with Crippen LogP contribution >= 0.6 is 34.8 Å². The minimum atomic E-state index is -0.631. The van der Waals surface area contributed by atoms with Crippen LogP contribution < -0.4 is 10.6 Å². The summed E-state index contributed by atoms with van der Waals surface area (Å²) in [6.45, 7) is 0. The van der Waals surface area contributed by atoms with Crippen LogP contribution in [0.5, 0.6) is 0 Å². The zero-order chi connectivity index (χ0) is 28.6. The number of nitrogens with one attached hydrogen (secondary N) is 2. The van der Waals surface area contributed by atoms with Crippen molar-refractivity contribution in [2.24, 2.45) is 0 Å². The van der Waals surface area contributed by atoms with Crippen LogP contribution in [0.25, 0.3) is 12.2 Å². The first-order valence-corrected chi connectivity index (χ1v) is 13.0. The van der Waals surface area contributed by atoms with Crippen LogP contribution in [0, 0.1) is 5.82 Å². The molecular weight excluding hydrogens is 574 g/mol. The molecule has 4 aromatic carbocycles. The molecule has 0 saturated heterocycles. The van der Waals surface area contributed by atoms with Gasteiger partial charge in [-0.25, -0.2) is 4.39 Å². The molecule has 0 radical (unpaired) electrons. The molecule has 9 heteroatoms. The number of allylic oxidation sites excluding steroid dienone is 1. The second-order valence-corrected chi connectivity index (χ2v) is 9.58. The van der Waals surface area contributed by atoms with Crippen LogP contribution in [0.3, 0.4) is 0 Å². The zero-order valence-corrected chi connectivity index (χ0v) is 22.9. The van der Waals surface area contributed by atoms with E-state index in [0.717, 1.165) is 0 Å². The summed E-state index contributed by atoms with van der Waals surface area (Å²) in [5.41, 5.74) is 1.47. The van der Waals surface area contributed by atoms with Crippen LogP contribution in [0.2, 0.25) is 15.1 Å². The van der Waals surface area contributed by atoms with Gasteiger partial charge in [-0.1, -0.05) is 71.2 Å². The van der Waals surface area contributed by atoms with Crippen LogP contribution in [-0.2, 0) is 4.79 Å². The van der Waals surface area contributed by atoms with Crippen molar-refractivity contribution in [2.45, 2.75) is 0 Å². The average Bonchev–Trinajstić information content (AvgIpc) is 2.95. The lowest BCUT2D eigenvalue weighted by Gasteiger charge is -2.12. The maximum Gasteiger partial charge on any atom is 0.272 e. The Morgan fingerprint density at radius 1 is 0.725 bits per heavy atom. The molecule has 0 spiro atoms. The highest BCUT2D eigenvalue weighted by Crippen LogP contribution is 2.27. The van der Waals surface area contributed by atoms with E-state index in [1.54, 1.807) is 48.5 Å². The molecule has 200 valence electrons. The third kappa shape index (κ3) is 7.24. The van der Waals surface area contributed by atoms with E-state index in [9.17, 15) is 18.8 Å². The monoisotopic (exact) mass is 592 g/mol. The van der Waals surface area contributed by atoms with E-state index in [2.05, 4.69) is 10.6 Å². The molecule has 0 unspecified atom stereocenters. The van der Waals surface area contributed by atoms with Crippen molar-refractivity contribution in [3.63, 3.8) is 0 Å². The second-order valence-electron chi connectivity index (χ2n) is 8.39. The van der Waals surface area contributed by atoms with Gasteiger partial charge >= 0.3 is 0 Å². The molecule has 0 aromatic heterocycles. The summed E-state index contributed by atoms with van der Waals surface area (Å²) in [6.07, 6.45) is 3.94. The molecule has 2 amide bonds. The van der Waals surface area contributed by atoms with Gasteiger partial charge in [0.2, 0.25) is 0 Å². The van der Waals surface area contributed by atoms with E-state index < -0.39 is 17.6 Å². The Balaban J connectivity index is 1.53. The van der Waals surface area contributed by atoms with Gasteiger partial charge in [0.1, 0.15) is 11.5 Å². The summed E-state index contributed by atoms with van der Waals surface area (Å²) in [7, 11) is 0. The number of anilines is 1. The zero-order valence-electron chi connectivity index (χ0n) is 20.6. The lowest BCUT2D eigenvalue weighted by Crippen LogP contribution is -2.30. The topological polar surface area (TPSA) is 75.3 Å². The quantitative estimate of drug-likeness (QED) is 0.160. The summed E-state index contributed by atoms with van der Waals surface area (Å²) in [5.74, 6) is -2.06. The van der Waals surface area contributed by atoms with Crippen LogP contribution in [0.4, 0.5) is 10.1 Å². The minimum absolute atomic E-state index is 0.0807. The van der Waals surface area contributed by atoms with Gasteiger partial charge in [-0.3, -0.25) is 14.4 Å². The third-order valence-electron chi connectivity index (χ3n) is 5.64. The first-order chi connectivity index (χ1) is 19.2. The van der Waals surface area contributed by atoms with Crippen LogP contribution in [0.1, 0.15) is 31.8 Å². The lowest BCUT2D eigenvalue weighted by atomic mass is 10.1. The molecule has 40 heavy (non-hydrogen) atoms. The first-order valence-electron chi connectivity index (χ1n) is 11.8. The molecular formula is C31H20Cl3FN2O3. The van der Waals surface area contributed by atoms with Gasteiger partial charge in [-0.2, -0.15) is 0 Å². The first kappa shape index (κ1) is 28.8. The van der Waals surface area contributed by atoms with Crippen molar-refractivity contribution in [3.8, 4) is 0 Å². The molecule has 0 bridgehead atoms. The Morgan fingerprint density at radius 2 is 1.40 bits per heavy atom. The van der Waals surface area contributed by atoms with Gasteiger partial charge in [-0.05, 0) is 78.4 Å². The SMILES string of the molecule is O=C(Nc1ccc(C(=O)/C=C/c2c(F)cccc2Cl)cc1)/C(=C/c1cccc(Cl)c1Cl)NC(=O)c1ccccc1. The molecule has 0 heterocycles. The molecule has 0 aliphatic carbocycles. The van der Waals surface area contributed by atoms with Gasteiger partial charge in [0.05, 0.1) is 15.1 Å². The smallest absolute Gasteiger partial charge is 0.272 e. The molecule has 0 aliphatic rings. The highest BCUT2D eigenvalue weighted by atomic mass is 35.5. The minimum Gasteiger partial charge on any atom is -0.321 e. The molecule has 4 rings (SSSR count). The fraction of sp³-hybridized carbons (Fsp3) is 0. The number of halogens is 4. The highest BCUT2D eigenvalue weighted by Gasteiger charge is 2.16. The Bertz CT molecular complexity index is 1620. The number of hydrogen-bond donors (Lipinski definition) is 2. The molecule has 5 nitrogen and oxygen atoms in total. The van der Waals surface area contributed by atoms with E-state index in [4.69, 9.17) is 34.8 Å². The van der Waals surface area contributed by atoms with Crippen molar-refractivity contribution < 1.29 is 18.8 Å². The fourth-order valence-corrected chi connectivity index (χ4v) is 4.16. The maximum absolute atomic E-state index is 14.0. The van der Waals surface area contributed by atoms with E-state index in [0.29, 0.717) is 22.4 Å². The Morgan fingerprint density at radius 3 is 2.10 bits per heavy atom. The Kier molecular flexibility index (Phi) is 9.51. The molecule has 0 atom stereocenters. The predicted octanol–water partition coefficient (Wildman–Crippen LogP) is 8.09. The summed E-state index contributed by atoms with van der Waals surface area (Å²) >= 11 is 18.4. The van der Waals surface area contributed by atoms with Crippen molar-refractivity contribution in [1.29, 1.82) is 0 Å². The molecule has 4 aromatic rings. The third-order valence-corrected chi connectivity index (χ3v) is 6.80. The van der Waals surface area contributed by atoms with Gasteiger partial charge in [0.15, 0.2) is 5.78 Å². The largest absolute Gasteiger partial charge is 0.321 e. The molecule has 0 saturated carbocycles. The number of rotatable bonds is 8. The summed E-state index contributed by atoms with van der Waals surface area (Å²) in [5, 5.41) is 6.01. The summed E-state index contributed by atoms with van der Waals surface area (Å²) in [4.78, 5) is 38.6. The average molecular weight is 594 g/mol. The van der Waals surface area contributed by atoms with E-state index >= 15 is 0 Å². The number of hydrogen-bond acceptors (Lipinski definition) is 3.